The third-order valence-electron chi connectivity index (χ3n) is 7.19. The van der Waals surface area contributed by atoms with Crippen LogP contribution in [0.3, 0.4) is 0 Å². The number of likely N-dealkylation sites (tertiary alicyclic amines) is 1. The number of hydrogen-bond acceptors (Lipinski definition) is 4. The highest BCUT2D eigenvalue weighted by molar-refractivity contribution is 14.1. The molecule has 1 aromatic carbocycles. The Morgan fingerprint density at radius 2 is 2.21 bits per heavy atom. The van der Waals surface area contributed by atoms with Crippen molar-refractivity contribution in [2.45, 2.75) is 56.5 Å². The van der Waals surface area contributed by atoms with E-state index in [9.17, 15) is 4.79 Å². The predicted molar refractivity (Wildman–Crippen MR) is 123 cm³/mol. The van der Waals surface area contributed by atoms with Gasteiger partial charge in [0, 0.05) is 35.3 Å². The van der Waals surface area contributed by atoms with Gasteiger partial charge < -0.3 is 19.9 Å². The minimum atomic E-state index is -0.112. The number of nitrogens with zero attached hydrogens (tertiary/aromatic N) is 1. The SMILES string of the molecule is CN1C[C@H](COC(=O)C2CCCCCN2)C[C@@H]2c3cccc4[nH]c(I)c(c34)C[C@H]21. The molecule has 0 spiro atoms. The number of rotatable bonds is 3. The van der Waals surface area contributed by atoms with Crippen LogP contribution in [0.15, 0.2) is 18.2 Å². The van der Waals surface area contributed by atoms with Crippen LogP contribution in [0.1, 0.15) is 49.1 Å². The number of aromatic amines is 1. The zero-order chi connectivity index (χ0) is 20.0. The predicted octanol–water partition coefficient (Wildman–Crippen LogP) is 3.81. The summed E-state index contributed by atoms with van der Waals surface area (Å²) < 4.78 is 7.10. The van der Waals surface area contributed by atoms with Gasteiger partial charge in [-0.05, 0) is 79.1 Å². The van der Waals surface area contributed by atoms with Gasteiger partial charge >= 0.3 is 5.97 Å². The fourth-order valence-corrected chi connectivity index (χ4v) is 6.53. The molecule has 2 N–H and O–H groups in total. The van der Waals surface area contributed by atoms with Crippen molar-refractivity contribution in [3.63, 3.8) is 0 Å². The molecular formula is C23H30IN3O2. The van der Waals surface area contributed by atoms with E-state index in [1.54, 1.807) is 0 Å². The third-order valence-corrected chi connectivity index (χ3v) is 8.11. The second kappa shape index (κ2) is 8.19. The molecule has 0 amide bonds. The molecule has 3 aliphatic rings. The van der Waals surface area contributed by atoms with E-state index < -0.39 is 0 Å². The summed E-state index contributed by atoms with van der Waals surface area (Å²) in [7, 11) is 2.24. The molecule has 3 heterocycles. The van der Waals surface area contributed by atoms with Gasteiger partial charge in [0.05, 0.1) is 10.3 Å². The van der Waals surface area contributed by atoms with Crippen molar-refractivity contribution in [2.24, 2.45) is 5.92 Å². The highest BCUT2D eigenvalue weighted by Gasteiger charge is 2.40. The number of aromatic nitrogens is 1. The van der Waals surface area contributed by atoms with E-state index in [1.807, 2.05) is 0 Å². The summed E-state index contributed by atoms with van der Waals surface area (Å²) >= 11 is 2.45. The molecule has 2 aliphatic heterocycles. The quantitative estimate of drug-likeness (QED) is 0.490. The number of nitrogens with one attached hydrogen (secondary N) is 2. The first-order valence-corrected chi connectivity index (χ1v) is 12.1. The molecule has 1 aromatic heterocycles. The summed E-state index contributed by atoms with van der Waals surface area (Å²) in [5, 5.41) is 4.80. The van der Waals surface area contributed by atoms with Crippen molar-refractivity contribution >= 4 is 39.5 Å². The lowest BCUT2D eigenvalue weighted by Crippen LogP contribution is -2.49. The van der Waals surface area contributed by atoms with Crippen LogP contribution in [0.25, 0.3) is 10.9 Å². The summed E-state index contributed by atoms with van der Waals surface area (Å²) in [6.45, 7) is 2.47. The van der Waals surface area contributed by atoms with Crippen molar-refractivity contribution in [3.05, 3.63) is 33.0 Å². The first-order valence-electron chi connectivity index (χ1n) is 11.0. The molecule has 4 atom stereocenters. The number of carbonyl (C=O) groups is 1. The molecule has 0 saturated carbocycles. The number of hydrogen-bond donors (Lipinski definition) is 2. The minimum absolute atomic E-state index is 0.0510. The highest BCUT2D eigenvalue weighted by atomic mass is 127. The summed E-state index contributed by atoms with van der Waals surface area (Å²) in [4.78, 5) is 18.6. The smallest absolute Gasteiger partial charge is 0.323 e. The van der Waals surface area contributed by atoms with Crippen LogP contribution in [-0.2, 0) is 16.0 Å². The van der Waals surface area contributed by atoms with E-state index in [-0.39, 0.29) is 12.0 Å². The van der Waals surface area contributed by atoms with E-state index >= 15 is 0 Å². The Kier molecular flexibility index (Phi) is 5.60. The number of H-pyrrole nitrogens is 1. The van der Waals surface area contributed by atoms with Gasteiger partial charge in [-0.2, -0.15) is 0 Å². The molecule has 5 rings (SSSR count). The van der Waals surface area contributed by atoms with E-state index in [0.717, 1.165) is 45.2 Å². The van der Waals surface area contributed by atoms with Crippen LogP contribution in [0, 0.1) is 9.62 Å². The number of ether oxygens (including phenoxy) is 1. The number of piperidine rings is 1. The van der Waals surface area contributed by atoms with Crippen molar-refractivity contribution in [1.29, 1.82) is 0 Å². The van der Waals surface area contributed by atoms with Gasteiger partial charge in [-0.1, -0.05) is 25.0 Å². The molecule has 156 valence electrons. The van der Waals surface area contributed by atoms with E-state index in [2.05, 4.69) is 63.0 Å². The molecule has 6 heteroatoms. The summed E-state index contributed by atoms with van der Waals surface area (Å²) in [5.74, 6) is 0.854. The van der Waals surface area contributed by atoms with E-state index in [0.29, 0.717) is 24.5 Å². The lowest BCUT2D eigenvalue weighted by atomic mass is 9.72. The molecular weight excluding hydrogens is 477 g/mol. The molecule has 2 aromatic rings. The first kappa shape index (κ1) is 19.8. The van der Waals surface area contributed by atoms with E-state index in [1.165, 1.54) is 32.2 Å². The molecule has 0 bridgehead atoms. The fraction of sp³-hybridized carbons (Fsp3) is 0.609. The summed E-state index contributed by atoms with van der Waals surface area (Å²) in [5.41, 5.74) is 4.21. The maximum absolute atomic E-state index is 12.6. The molecule has 1 aliphatic carbocycles. The van der Waals surface area contributed by atoms with Crippen LogP contribution in [0.2, 0.25) is 0 Å². The second-order valence-electron chi connectivity index (χ2n) is 9.09. The fourth-order valence-electron chi connectivity index (χ4n) is 5.75. The van der Waals surface area contributed by atoms with Crippen molar-refractivity contribution in [2.75, 3.05) is 26.7 Å². The minimum Gasteiger partial charge on any atom is -0.464 e. The van der Waals surface area contributed by atoms with Crippen LogP contribution >= 0.6 is 22.6 Å². The summed E-state index contributed by atoms with van der Waals surface area (Å²) in [6.07, 6.45) is 6.59. The van der Waals surface area contributed by atoms with Crippen molar-refractivity contribution < 1.29 is 9.53 Å². The number of halogens is 1. The van der Waals surface area contributed by atoms with Gasteiger partial charge in [-0.25, -0.2) is 0 Å². The zero-order valence-corrected chi connectivity index (χ0v) is 19.2. The number of carbonyl (C=O) groups excluding carboxylic acids is 1. The van der Waals surface area contributed by atoms with E-state index in [4.69, 9.17) is 4.74 Å². The number of likely N-dealkylation sites (N-methyl/N-ethyl adjacent to an activating group) is 1. The van der Waals surface area contributed by atoms with Gasteiger partial charge in [0.1, 0.15) is 6.04 Å². The Balaban J connectivity index is 1.31. The molecule has 1 unspecified atom stereocenters. The first-order chi connectivity index (χ1) is 14.1. The monoisotopic (exact) mass is 507 g/mol. The average molecular weight is 507 g/mol. The van der Waals surface area contributed by atoms with Crippen LogP contribution in [0.4, 0.5) is 0 Å². The van der Waals surface area contributed by atoms with Crippen molar-refractivity contribution in [1.82, 2.24) is 15.2 Å². The topological polar surface area (TPSA) is 57.4 Å². The van der Waals surface area contributed by atoms with Gasteiger partial charge in [0.25, 0.3) is 0 Å². The molecule has 0 radical (unpaired) electrons. The normalized spacial score (nSPS) is 30.0. The van der Waals surface area contributed by atoms with Gasteiger partial charge in [0.2, 0.25) is 0 Å². The third kappa shape index (κ3) is 3.72. The Morgan fingerprint density at radius 1 is 1.31 bits per heavy atom. The van der Waals surface area contributed by atoms with Crippen LogP contribution in [-0.4, -0.2) is 54.7 Å². The number of fused-ring (bicyclic) bond motifs is 2. The Labute approximate surface area is 186 Å². The lowest BCUT2D eigenvalue weighted by molar-refractivity contribution is -0.148. The Bertz CT molecular complexity index is 903. The highest BCUT2D eigenvalue weighted by Crippen LogP contribution is 2.45. The lowest BCUT2D eigenvalue weighted by Gasteiger charge is -2.45. The number of esters is 1. The molecule has 5 nitrogen and oxygen atoms in total. The molecule has 2 fully saturated rings. The summed E-state index contributed by atoms with van der Waals surface area (Å²) in [6, 6.07) is 7.10. The Hall–Kier alpha value is -1.12. The number of benzene rings is 1. The van der Waals surface area contributed by atoms with Crippen LogP contribution in [0.5, 0.6) is 0 Å². The average Bonchev–Trinajstić information content (AvgIpc) is 2.89. The maximum atomic E-state index is 12.6. The van der Waals surface area contributed by atoms with Crippen molar-refractivity contribution in [3.8, 4) is 0 Å². The zero-order valence-electron chi connectivity index (χ0n) is 17.0. The molecule has 2 saturated heterocycles. The maximum Gasteiger partial charge on any atom is 0.323 e. The largest absolute Gasteiger partial charge is 0.464 e. The van der Waals surface area contributed by atoms with Gasteiger partial charge in [-0.15, -0.1) is 0 Å². The van der Waals surface area contributed by atoms with Crippen LogP contribution < -0.4 is 5.32 Å². The molecule has 29 heavy (non-hydrogen) atoms. The van der Waals surface area contributed by atoms with Gasteiger partial charge in [-0.3, -0.25) is 4.79 Å². The second-order valence-corrected chi connectivity index (χ2v) is 10.2. The van der Waals surface area contributed by atoms with Gasteiger partial charge in [0.15, 0.2) is 0 Å². The standard InChI is InChI=1S/C23H30IN3O2/c1-27-12-14(13-29-23(28)19-7-3-2-4-9-25-19)10-16-15-6-5-8-18-21(15)17(11-20(16)27)22(24)26-18/h5-6,8,14,16,19-20,25-26H,2-4,7,9-13H2,1H3/t14-,16-,19?,20-/m1/s1. The Morgan fingerprint density at radius 3 is 3.10 bits per heavy atom.